The number of carbonyl (C=O) groups is 1. The van der Waals surface area contributed by atoms with Crippen LogP contribution in [0.5, 0.6) is 0 Å². The predicted molar refractivity (Wildman–Crippen MR) is 71.3 cm³/mol. The largest absolute Gasteiger partial charge is 0.431 e. The molecule has 1 aliphatic heterocycles. The molecule has 16 heavy (non-hydrogen) atoms. The van der Waals surface area contributed by atoms with Gasteiger partial charge in [-0.2, -0.15) is 0 Å². The van der Waals surface area contributed by atoms with Gasteiger partial charge < -0.3 is 4.74 Å². The summed E-state index contributed by atoms with van der Waals surface area (Å²) >= 11 is 2.25. The minimum Gasteiger partial charge on any atom is -0.431 e. The van der Waals surface area contributed by atoms with E-state index in [4.69, 9.17) is 4.74 Å². The van der Waals surface area contributed by atoms with Crippen LogP contribution in [0.3, 0.4) is 0 Å². The summed E-state index contributed by atoms with van der Waals surface area (Å²) < 4.78 is 6.09. The Labute approximate surface area is 109 Å². The average Bonchev–Trinajstić information content (AvgIpc) is 2.61. The fourth-order valence-electron chi connectivity index (χ4n) is 1.85. The van der Waals surface area contributed by atoms with Crippen molar-refractivity contribution < 1.29 is 9.53 Å². The summed E-state index contributed by atoms with van der Waals surface area (Å²) in [7, 11) is 0. The highest BCUT2D eigenvalue weighted by molar-refractivity contribution is 14.1. The van der Waals surface area contributed by atoms with E-state index in [-0.39, 0.29) is 11.9 Å². The number of esters is 1. The normalized spacial score (nSPS) is 22.4. The monoisotopic (exact) mass is 328 g/mol. The van der Waals surface area contributed by atoms with Crippen molar-refractivity contribution in [3.63, 3.8) is 0 Å². The number of hydrogen-bond acceptors (Lipinski definition) is 2. The number of cyclic esters (lactones) is 1. The van der Waals surface area contributed by atoms with E-state index in [0.29, 0.717) is 0 Å². The molecule has 84 valence electrons. The van der Waals surface area contributed by atoms with Crippen molar-refractivity contribution >= 4 is 28.6 Å². The van der Waals surface area contributed by atoms with Gasteiger partial charge in [-0.05, 0) is 18.1 Å². The van der Waals surface area contributed by atoms with Crippen LogP contribution in [0.1, 0.15) is 12.0 Å². The molecule has 0 amide bonds. The van der Waals surface area contributed by atoms with Gasteiger partial charge >= 0.3 is 5.97 Å². The molecule has 1 aliphatic rings. The van der Waals surface area contributed by atoms with E-state index in [9.17, 15) is 4.79 Å². The maximum Gasteiger partial charge on any atom is 0.314 e. The number of alkyl halides is 1. The molecule has 0 bridgehead atoms. The predicted octanol–water partition coefficient (Wildman–Crippen LogP) is 3.11. The molecule has 1 heterocycles. The van der Waals surface area contributed by atoms with Crippen LogP contribution in [0.25, 0.3) is 0 Å². The zero-order chi connectivity index (χ0) is 11.4. The van der Waals surface area contributed by atoms with Crippen LogP contribution >= 0.6 is 22.6 Å². The molecule has 0 aromatic heterocycles. The Morgan fingerprint density at radius 1 is 1.38 bits per heavy atom. The Balaban J connectivity index is 2.02. The Morgan fingerprint density at radius 2 is 2.12 bits per heavy atom. The molecule has 0 radical (unpaired) electrons. The first-order chi connectivity index (χ1) is 7.79. The van der Waals surface area contributed by atoms with Crippen molar-refractivity contribution in [2.45, 2.75) is 12.8 Å². The van der Waals surface area contributed by atoms with Gasteiger partial charge in [-0.15, -0.1) is 0 Å². The molecule has 1 unspecified atom stereocenters. The molecule has 2 nitrogen and oxygen atoms in total. The third kappa shape index (κ3) is 2.84. The third-order valence-electron chi connectivity index (χ3n) is 2.64. The van der Waals surface area contributed by atoms with Gasteiger partial charge in [0.15, 0.2) is 0 Å². The van der Waals surface area contributed by atoms with E-state index in [1.807, 2.05) is 36.4 Å². The molecule has 2 rings (SSSR count). The molecule has 1 aromatic rings. The summed E-state index contributed by atoms with van der Waals surface area (Å²) in [5.74, 6) is 0.747. The van der Waals surface area contributed by atoms with Crippen molar-refractivity contribution in [3.05, 3.63) is 47.7 Å². The van der Waals surface area contributed by atoms with Crippen LogP contribution in [0.2, 0.25) is 0 Å². The Morgan fingerprint density at radius 3 is 2.81 bits per heavy atom. The van der Waals surface area contributed by atoms with Crippen molar-refractivity contribution in [1.29, 1.82) is 0 Å². The SMILES string of the molecule is O=C1OC(=CCI)CC1Cc1ccccc1. The zero-order valence-electron chi connectivity index (χ0n) is 8.86. The standard InChI is InChI=1S/C13H13IO2/c14-7-6-12-9-11(13(15)16-12)8-10-4-2-1-3-5-10/h1-6,11H,7-9H2. The molecule has 1 atom stereocenters. The molecule has 1 fully saturated rings. The fraction of sp³-hybridized carbons (Fsp3) is 0.308. The Hall–Kier alpha value is -0.840. The average molecular weight is 328 g/mol. The van der Waals surface area contributed by atoms with E-state index in [1.165, 1.54) is 5.56 Å². The summed E-state index contributed by atoms with van der Waals surface area (Å²) in [6.07, 6.45) is 3.50. The van der Waals surface area contributed by atoms with Crippen LogP contribution < -0.4 is 0 Å². The lowest BCUT2D eigenvalue weighted by molar-refractivity contribution is -0.139. The smallest absolute Gasteiger partial charge is 0.314 e. The first-order valence-electron chi connectivity index (χ1n) is 5.30. The maximum atomic E-state index is 11.6. The third-order valence-corrected chi connectivity index (χ3v) is 3.08. The van der Waals surface area contributed by atoms with Gasteiger partial charge in [-0.1, -0.05) is 52.9 Å². The van der Waals surface area contributed by atoms with Crippen LogP contribution in [0.4, 0.5) is 0 Å². The van der Waals surface area contributed by atoms with Crippen molar-refractivity contribution in [1.82, 2.24) is 0 Å². The van der Waals surface area contributed by atoms with E-state index in [2.05, 4.69) is 22.6 Å². The van der Waals surface area contributed by atoms with Crippen LogP contribution in [-0.2, 0) is 16.0 Å². The Kier molecular flexibility index (Phi) is 3.98. The number of allylic oxidation sites excluding steroid dienone is 2. The molecule has 0 aliphatic carbocycles. The lowest BCUT2D eigenvalue weighted by atomic mass is 9.97. The highest BCUT2D eigenvalue weighted by Crippen LogP contribution is 2.27. The van der Waals surface area contributed by atoms with Gasteiger partial charge in [0.2, 0.25) is 0 Å². The van der Waals surface area contributed by atoms with Gasteiger partial charge in [-0.25, -0.2) is 0 Å². The number of rotatable bonds is 3. The zero-order valence-corrected chi connectivity index (χ0v) is 11.0. The summed E-state index contributed by atoms with van der Waals surface area (Å²) in [5.41, 5.74) is 1.19. The highest BCUT2D eigenvalue weighted by Gasteiger charge is 2.30. The van der Waals surface area contributed by atoms with Crippen molar-refractivity contribution in [2.24, 2.45) is 5.92 Å². The number of halogens is 1. The summed E-state index contributed by atoms with van der Waals surface area (Å²) in [6, 6.07) is 10.1. The molecule has 3 heteroatoms. The number of carbonyl (C=O) groups excluding carboxylic acids is 1. The first-order valence-corrected chi connectivity index (χ1v) is 6.83. The van der Waals surface area contributed by atoms with Crippen molar-refractivity contribution in [2.75, 3.05) is 4.43 Å². The van der Waals surface area contributed by atoms with E-state index < -0.39 is 0 Å². The number of ether oxygens (including phenoxy) is 1. The highest BCUT2D eigenvalue weighted by atomic mass is 127. The second-order valence-electron chi connectivity index (χ2n) is 3.84. The fourth-order valence-corrected chi connectivity index (χ4v) is 2.34. The van der Waals surface area contributed by atoms with Crippen LogP contribution in [0, 0.1) is 5.92 Å². The van der Waals surface area contributed by atoms with E-state index in [1.54, 1.807) is 0 Å². The van der Waals surface area contributed by atoms with Gasteiger partial charge in [0.25, 0.3) is 0 Å². The lowest BCUT2D eigenvalue weighted by Crippen LogP contribution is -2.10. The quantitative estimate of drug-likeness (QED) is 0.484. The minimum atomic E-state index is -0.0834. The summed E-state index contributed by atoms with van der Waals surface area (Å²) in [4.78, 5) is 11.6. The molecule has 0 saturated carbocycles. The van der Waals surface area contributed by atoms with Gasteiger partial charge in [0, 0.05) is 10.8 Å². The molecular formula is C13H13IO2. The molecule has 1 aromatic carbocycles. The summed E-state index contributed by atoms with van der Waals surface area (Å²) in [5, 5.41) is 0. The van der Waals surface area contributed by atoms with Gasteiger partial charge in [0.1, 0.15) is 5.76 Å². The lowest BCUT2D eigenvalue weighted by Gasteiger charge is -2.03. The second-order valence-corrected chi connectivity index (χ2v) is 4.72. The van der Waals surface area contributed by atoms with Crippen LogP contribution in [0.15, 0.2) is 42.2 Å². The number of hydrogen-bond donors (Lipinski definition) is 0. The second kappa shape index (κ2) is 5.48. The van der Waals surface area contributed by atoms with E-state index >= 15 is 0 Å². The minimum absolute atomic E-state index is 0.00315. The Bertz CT molecular complexity index is 398. The molecule has 1 saturated heterocycles. The van der Waals surface area contributed by atoms with Crippen molar-refractivity contribution in [3.8, 4) is 0 Å². The van der Waals surface area contributed by atoms with E-state index in [0.717, 1.165) is 23.0 Å². The molecule has 0 spiro atoms. The topological polar surface area (TPSA) is 26.3 Å². The summed E-state index contributed by atoms with van der Waals surface area (Å²) in [6.45, 7) is 0. The van der Waals surface area contributed by atoms with Crippen LogP contribution in [-0.4, -0.2) is 10.4 Å². The molecule has 0 N–H and O–H groups in total. The maximum absolute atomic E-state index is 11.6. The van der Waals surface area contributed by atoms with Gasteiger partial charge in [0.05, 0.1) is 5.92 Å². The first kappa shape index (κ1) is 11.6. The van der Waals surface area contributed by atoms with Gasteiger partial charge in [-0.3, -0.25) is 4.79 Å². The molecular weight excluding hydrogens is 315 g/mol. The number of benzene rings is 1.